The lowest BCUT2D eigenvalue weighted by Crippen LogP contribution is -2.39. The van der Waals surface area contributed by atoms with Gasteiger partial charge in [-0.1, -0.05) is 42.5 Å². The molecule has 0 saturated heterocycles. The zero-order valence-corrected chi connectivity index (χ0v) is 18.9. The van der Waals surface area contributed by atoms with Gasteiger partial charge >= 0.3 is 0 Å². The molecule has 1 saturated carbocycles. The van der Waals surface area contributed by atoms with Crippen LogP contribution in [0.2, 0.25) is 0 Å². The molecule has 1 aliphatic carbocycles. The zero-order chi connectivity index (χ0) is 22.8. The monoisotopic (exact) mass is 438 g/mol. The van der Waals surface area contributed by atoms with Crippen LogP contribution in [0.15, 0.2) is 59.6 Å². The molecular weight excluding hydrogens is 404 g/mol. The van der Waals surface area contributed by atoms with Gasteiger partial charge < -0.3 is 25.8 Å². The van der Waals surface area contributed by atoms with Crippen LogP contribution in [0.5, 0.6) is 5.75 Å². The fraction of sp³-hybridized carbons (Fsp3) is 0.440. The van der Waals surface area contributed by atoms with Crippen LogP contribution in [0.3, 0.4) is 0 Å². The molecule has 1 amide bonds. The Labute approximate surface area is 190 Å². The van der Waals surface area contributed by atoms with Gasteiger partial charge in [0.25, 0.3) is 5.91 Å². The summed E-state index contributed by atoms with van der Waals surface area (Å²) in [5.41, 5.74) is 0.959. The summed E-state index contributed by atoms with van der Waals surface area (Å²) in [6, 6.07) is 17.7. The highest BCUT2D eigenvalue weighted by molar-refractivity contribution is 5.79. The van der Waals surface area contributed by atoms with Gasteiger partial charge in [-0.2, -0.15) is 0 Å². The van der Waals surface area contributed by atoms with Crippen molar-refractivity contribution in [3.8, 4) is 5.75 Å². The summed E-state index contributed by atoms with van der Waals surface area (Å²) in [6.45, 7) is 5.52. The molecule has 7 heteroatoms. The van der Waals surface area contributed by atoms with Crippen molar-refractivity contribution in [1.29, 1.82) is 0 Å². The minimum Gasteiger partial charge on any atom is -0.484 e. The van der Waals surface area contributed by atoms with E-state index in [2.05, 4.69) is 20.9 Å². The molecule has 4 N–H and O–H groups in total. The predicted octanol–water partition coefficient (Wildman–Crippen LogP) is 2.35. The quantitative estimate of drug-likeness (QED) is 0.319. The maximum absolute atomic E-state index is 11.7. The first-order valence-corrected chi connectivity index (χ1v) is 11.3. The molecule has 2 aromatic rings. The molecule has 0 radical (unpaired) electrons. The minimum absolute atomic E-state index is 0.0483. The molecule has 1 unspecified atom stereocenters. The molecule has 7 nitrogen and oxygen atoms in total. The van der Waals surface area contributed by atoms with E-state index in [1.165, 1.54) is 0 Å². The average Bonchev–Trinajstić information content (AvgIpc) is 3.61. The van der Waals surface area contributed by atoms with Gasteiger partial charge in [-0.25, -0.2) is 4.99 Å². The lowest BCUT2D eigenvalue weighted by molar-refractivity contribution is -0.123. The van der Waals surface area contributed by atoms with Crippen LogP contribution >= 0.6 is 0 Å². The number of amides is 1. The van der Waals surface area contributed by atoms with Crippen molar-refractivity contribution < 1.29 is 14.6 Å². The summed E-state index contributed by atoms with van der Waals surface area (Å²) in [5, 5.41) is 20.2. The van der Waals surface area contributed by atoms with Crippen molar-refractivity contribution in [2.45, 2.75) is 44.8 Å². The van der Waals surface area contributed by atoms with Gasteiger partial charge in [0.1, 0.15) is 11.4 Å². The lowest BCUT2D eigenvalue weighted by atomic mass is 9.96. The molecule has 32 heavy (non-hydrogen) atoms. The van der Waals surface area contributed by atoms with Crippen LogP contribution < -0.4 is 20.7 Å². The molecule has 1 fully saturated rings. The maximum Gasteiger partial charge on any atom is 0.258 e. The number of ether oxygens (including phenoxy) is 1. The Morgan fingerprint density at radius 3 is 2.50 bits per heavy atom. The number of nitrogens with zero attached hydrogens (tertiary/aromatic N) is 1. The van der Waals surface area contributed by atoms with Crippen LogP contribution in [0.1, 0.15) is 37.8 Å². The van der Waals surface area contributed by atoms with E-state index in [-0.39, 0.29) is 19.1 Å². The largest absolute Gasteiger partial charge is 0.484 e. The number of benzene rings is 2. The Morgan fingerprint density at radius 1 is 1.12 bits per heavy atom. The third-order valence-electron chi connectivity index (χ3n) is 5.23. The molecule has 1 aliphatic rings. The van der Waals surface area contributed by atoms with Crippen LogP contribution in [0, 0.1) is 0 Å². The van der Waals surface area contributed by atoms with Gasteiger partial charge in [0.05, 0.1) is 6.54 Å². The third-order valence-corrected chi connectivity index (χ3v) is 5.23. The number of aliphatic imine (C=N–C) groups is 1. The molecular formula is C25H34N4O3. The van der Waals surface area contributed by atoms with Gasteiger partial charge in [-0.05, 0) is 56.4 Å². The van der Waals surface area contributed by atoms with Crippen molar-refractivity contribution >= 4 is 11.9 Å². The SMILES string of the molecule is CCNC(=NCC(C)(O)c1ccccc1)NCCc1ccc(OCC(=O)NC2CC2)cc1. The highest BCUT2D eigenvalue weighted by Crippen LogP contribution is 2.20. The summed E-state index contributed by atoms with van der Waals surface area (Å²) in [4.78, 5) is 16.3. The second kappa shape index (κ2) is 11.5. The summed E-state index contributed by atoms with van der Waals surface area (Å²) in [7, 11) is 0. The predicted molar refractivity (Wildman–Crippen MR) is 127 cm³/mol. The number of carbonyl (C=O) groups is 1. The number of guanidine groups is 1. The van der Waals surface area contributed by atoms with E-state index < -0.39 is 5.60 Å². The van der Waals surface area contributed by atoms with Gasteiger partial charge in [0.15, 0.2) is 12.6 Å². The smallest absolute Gasteiger partial charge is 0.258 e. The average molecular weight is 439 g/mol. The number of nitrogens with one attached hydrogen (secondary N) is 3. The number of hydrogen-bond donors (Lipinski definition) is 4. The van der Waals surface area contributed by atoms with Gasteiger partial charge in [-0.15, -0.1) is 0 Å². The van der Waals surface area contributed by atoms with E-state index >= 15 is 0 Å². The first-order valence-electron chi connectivity index (χ1n) is 11.3. The molecule has 2 aromatic carbocycles. The van der Waals surface area contributed by atoms with Crippen LogP contribution in [-0.4, -0.2) is 49.3 Å². The van der Waals surface area contributed by atoms with E-state index in [0.29, 0.717) is 24.3 Å². The Hall–Kier alpha value is -3.06. The molecule has 0 heterocycles. The van der Waals surface area contributed by atoms with E-state index in [4.69, 9.17) is 4.74 Å². The fourth-order valence-corrected chi connectivity index (χ4v) is 3.19. The van der Waals surface area contributed by atoms with Gasteiger partial charge in [0, 0.05) is 19.1 Å². The maximum atomic E-state index is 11.7. The zero-order valence-electron chi connectivity index (χ0n) is 18.9. The number of aliphatic hydroxyl groups is 1. The summed E-state index contributed by atoms with van der Waals surface area (Å²) in [6.07, 6.45) is 2.95. The molecule has 0 aliphatic heterocycles. The van der Waals surface area contributed by atoms with Crippen LogP contribution in [0.4, 0.5) is 0 Å². The first kappa shape index (κ1) is 23.6. The summed E-state index contributed by atoms with van der Waals surface area (Å²) in [5.74, 6) is 1.29. The topological polar surface area (TPSA) is 95.0 Å². The lowest BCUT2D eigenvalue weighted by Gasteiger charge is -2.22. The van der Waals surface area contributed by atoms with E-state index in [1.54, 1.807) is 6.92 Å². The third kappa shape index (κ3) is 7.89. The van der Waals surface area contributed by atoms with E-state index in [0.717, 1.165) is 36.9 Å². The Morgan fingerprint density at radius 2 is 1.84 bits per heavy atom. The summed E-state index contributed by atoms with van der Waals surface area (Å²) >= 11 is 0. The molecule has 3 rings (SSSR count). The normalized spacial score (nSPS) is 15.5. The number of hydrogen-bond acceptors (Lipinski definition) is 4. The molecule has 172 valence electrons. The van der Waals surface area contributed by atoms with Gasteiger partial charge in [0.2, 0.25) is 0 Å². The second-order valence-corrected chi connectivity index (χ2v) is 8.29. The van der Waals surface area contributed by atoms with E-state index in [9.17, 15) is 9.90 Å². The Bertz CT molecular complexity index is 878. The number of carbonyl (C=O) groups excluding carboxylic acids is 1. The Kier molecular flexibility index (Phi) is 8.50. The van der Waals surface area contributed by atoms with Gasteiger partial charge in [-0.3, -0.25) is 4.79 Å². The first-order chi connectivity index (χ1) is 15.5. The molecule has 0 aromatic heterocycles. The fourth-order valence-electron chi connectivity index (χ4n) is 3.19. The summed E-state index contributed by atoms with van der Waals surface area (Å²) < 4.78 is 5.55. The molecule has 0 bridgehead atoms. The second-order valence-electron chi connectivity index (χ2n) is 8.29. The van der Waals surface area contributed by atoms with Crippen molar-refractivity contribution in [2.24, 2.45) is 4.99 Å². The van der Waals surface area contributed by atoms with Crippen molar-refractivity contribution in [2.75, 3.05) is 26.2 Å². The molecule has 0 spiro atoms. The standard InChI is InChI=1S/C25H34N4O3/c1-3-26-24(28-18-25(2,31)20-7-5-4-6-8-20)27-16-15-19-9-13-22(14-10-19)32-17-23(30)29-21-11-12-21/h4-10,13-14,21,31H,3,11-12,15-18H2,1-2H3,(H,29,30)(H2,26,27,28). The Balaban J connectivity index is 1.44. The number of rotatable bonds is 11. The highest BCUT2D eigenvalue weighted by atomic mass is 16.5. The van der Waals surface area contributed by atoms with Crippen LogP contribution in [-0.2, 0) is 16.8 Å². The molecule has 1 atom stereocenters. The highest BCUT2D eigenvalue weighted by Gasteiger charge is 2.23. The minimum atomic E-state index is -1.03. The van der Waals surface area contributed by atoms with Crippen molar-refractivity contribution in [1.82, 2.24) is 16.0 Å². The van der Waals surface area contributed by atoms with Crippen molar-refractivity contribution in [3.63, 3.8) is 0 Å². The van der Waals surface area contributed by atoms with Crippen molar-refractivity contribution in [3.05, 3.63) is 65.7 Å². The van der Waals surface area contributed by atoms with E-state index in [1.807, 2.05) is 61.5 Å². The van der Waals surface area contributed by atoms with Crippen LogP contribution in [0.25, 0.3) is 0 Å².